The number of carbonyl (C=O) groups excluding carboxylic acids is 1. The van der Waals surface area contributed by atoms with E-state index in [0.29, 0.717) is 62.0 Å². The van der Waals surface area contributed by atoms with Gasteiger partial charge in [-0.2, -0.15) is 4.98 Å². The zero-order valence-corrected chi connectivity index (χ0v) is 16.1. The van der Waals surface area contributed by atoms with Gasteiger partial charge in [-0.25, -0.2) is 4.39 Å². The maximum atomic E-state index is 13.2. The second-order valence-electron chi connectivity index (χ2n) is 7.22. The van der Waals surface area contributed by atoms with Gasteiger partial charge in [-0.05, 0) is 55.7 Å². The largest absolute Gasteiger partial charge is 0.459 e. The molecule has 1 aromatic carbocycles. The first kappa shape index (κ1) is 19.3. The minimum Gasteiger partial charge on any atom is -0.459 e. The summed E-state index contributed by atoms with van der Waals surface area (Å²) in [4.78, 5) is 18.9. The number of hydrogen-bond acceptors (Lipinski definition) is 6. The Morgan fingerprint density at radius 2 is 2.00 bits per heavy atom. The van der Waals surface area contributed by atoms with Gasteiger partial charge in [0.05, 0.1) is 6.26 Å². The number of ether oxygens (including phenoxy) is 1. The molecule has 0 atom stereocenters. The number of hydrogen-bond donors (Lipinski definition) is 0. The van der Waals surface area contributed by atoms with Crippen LogP contribution < -0.4 is 0 Å². The first-order chi connectivity index (χ1) is 14.1. The van der Waals surface area contributed by atoms with Crippen LogP contribution in [0.25, 0.3) is 11.5 Å². The number of aromatic nitrogens is 2. The fourth-order valence-electron chi connectivity index (χ4n) is 3.73. The molecule has 4 rings (SSSR count). The summed E-state index contributed by atoms with van der Waals surface area (Å²) in [5.74, 6) is 0.853. The lowest BCUT2D eigenvalue weighted by Gasteiger charge is -2.39. The molecule has 2 aromatic heterocycles. The van der Waals surface area contributed by atoms with E-state index in [0.717, 1.165) is 0 Å². The highest BCUT2D eigenvalue weighted by Gasteiger charge is 2.41. The van der Waals surface area contributed by atoms with Gasteiger partial charge in [0.15, 0.2) is 11.6 Å². The number of nitrogens with zero attached hydrogens (tertiary/aromatic N) is 3. The van der Waals surface area contributed by atoms with Gasteiger partial charge in [0.1, 0.15) is 5.82 Å². The lowest BCUT2D eigenvalue weighted by molar-refractivity contribution is 0.0586. The molecule has 3 aromatic rings. The second-order valence-corrected chi connectivity index (χ2v) is 7.22. The van der Waals surface area contributed by atoms with Crippen LogP contribution in [0.2, 0.25) is 0 Å². The van der Waals surface area contributed by atoms with Gasteiger partial charge in [-0.15, -0.1) is 0 Å². The van der Waals surface area contributed by atoms with E-state index in [1.807, 2.05) is 0 Å². The zero-order chi connectivity index (χ0) is 20.3. The monoisotopic (exact) mass is 399 g/mol. The summed E-state index contributed by atoms with van der Waals surface area (Å²) in [5.41, 5.74) is 0.315. The summed E-state index contributed by atoms with van der Waals surface area (Å²) in [6.07, 6.45) is 3.58. The highest BCUT2D eigenvalue weighted by atomic mass is 19.1. The summed E-state index contributed by atoms with van der Waals surface area (Å²) >= 11 is 0. The van der Waals surface area contributed by atoms with E-state index in [9.17, 15) is 9.18 Å². The van der Waals surface area contributed by atoms with Crippen LogP contribution in [-0.4, -0.2) is 47.8 Å². The molecule has 0 aliphatic carbocycles. The third-order valence-electron chi connectivity index (χ3n) is 5.52. The number of amides is 1. The summed E-state index contributed by atoms with van der Waals surface area (Å²) in [7, 11) is 1.66. The number of likely N-dealkylation sites (tertiary alicyclic amines) is 1. The van der Waals surface area contributed by atoms with Crippen LogP contribution in [0.15, 0.2) is 51.6 Å². The Labute approximate surface area is 167 Å². The molecule has 3 heterocycles. The van der Waals surface area contributed by atoms with Gasteiger partial charge < -0.3 is 18.6 Å². The van der Waals surface area contributed by atoms with Crippen molar-refractivity contribution in [2.45, 2.75) is 24.7 Å². The normalized spacial score (nSPS) is 16.1. The molecular formula is C21H22FN3O4. The highest BCUT2D eigenvalue weighted by Crippen LogP contribution is 2.38. The Morgan fingerprint density at radius 1 is 1.24 bits per heavy atom. The second kappa shape index (κ2) is 8.16. The molecule has 1 fully saturated rings. The van der Waals surface area contributed by atoms with E-state index in [1.54, 1.807) is 36.3 Å². The summed E-state index contributed by atoms with van der Waals surface area (Å²) in [5, 5.41) is 4.23. The number of furan rings is 1. The van der Waals surface area contributed by atoms with E-state index in [4.69, 9.17) is 13.7 Å². The van der Waals surface area contributed by atoms with E-state index in [-0.39, 0.29) is 17.1 Å². The first-order valence-electron chi connectivity index (χ1n) is 9.53. The van der Waals surface area contributed by atoms with E-state index in [2.05, 4.69) is 10.1 Å². The van der Waals surface area contributed by atoms with Gasteiger partial charge in [0.2, 0.25) is 0 Å². The van der Waals surface area contributed by atoms with E-state index < -0.39 is 0 Å². The van der Waals surface area contributed by atoms with Crippen LogP contribution >= 0.6 is 0 Å². The molecule has 0 radical (unpaired) electrons. The topological polar surface area (TPSA) is 81.6 Å². The number of methoxy groups -OCH3 is 1. The van der Waals surface area contributed by atoms with Crippen molar-refractivity contribution in [1.29, 1.82) is 0 Å². The van der Waals surface area contributed by atoms with Crippen LogP contribution in [-0.2, 0) is 10.2 Å². The van der Waals surface area contributed by atoms with Gasteiger partial charge in [-0.3, -0.25) is 4.79 Å². The minimum absolute atomic E-state index is 0.115. The van der Waals surface area contributed by atoms with E-state index in [1.165, 1.54) is 18.4 Å². The fraction of sp³-hybridized carbons (Fsp3) is 0.381. The number of halogens is 1. The summed E-state index contributed by atoms with van der Waals surface area (Å²) < 4.78 is 29.2. The van der Waals surface area contributed by atoms with Gasteiger partial charge in [-0.1, -0.05) is 5.16 Å². The van der Waals surface area contributed by atoms with Crippen LogP contribution in [0.3, 0.4) is 0 Å². The average molecular weight is 399 g/mol. The van der Waals surface area contributed by atoms with Crippen molar-refractivity contribution >= 4 is 5.91 Å². The van der Waals surface area contributed by atoms with E-state index >= 15 is 0 Å². The van der Waals surface area contributed by atoms with Crippen LogP contribution in [0.4, 0.5) is 4.39 Å². The van der Waals surface area contributed by atoms with Gasteiger partial charge >= 0.3 is 0 Å². The van der Waals surface area contributed by atoms with Crippen molar-refractivity contribution in [3.63, 3.8) is 0 Å². The maximum absolute atomic E-state index is 13.2. The van der Waals surface area contributed by atoms with Crippen LogP contribution in [0, 0.1) is 5.82 Å². The molecule has 0 bridgehead atoms. The lowest BCUT2D eigenvalue weighted by Crippen LogP contribution is -2.46. The molecule has 0 saturated carbocycles. The van der Waals surface area contributed by atoms with Gasteiger partial charge in [0, 0.05) is 37.8 Å². The molecule has 1 aliphatic rings. The number of carbonyl (C=O) groups is 1. The minimum atomic E-state index is -0.349. The Hall–Kier alpha value is -3.00. The molecule has 29 heavy (non-hydrogen) atoms. The summed E-state index contributed by atoms with van der Waals surface area (Å²) in [6.45, 7) is 1.67. The molecule has 0 unspecified atom stereocenters. The quantitative estimate of drug-likeness (QED) is 0.629. The molecule has 7 nitrogen and oxygen atoms in total. The van der Waals surface area contributed by atoms with Crippen molar-refractivity contribution in [3.8, 4) is 11.5 Å². The van der Waals surface area contributed by atoms with Crippen LogP contribution in [0.5, 0.6) is 0 Å². The van der Waals surface area contributed by atoms with Gasteiger partial charge in [0.25, 0.3) is 11.8 Å². The molecule has 8 heteroatoms. The van der Waals surface area contributed by atoms with Crippen LogP contribution in [0.1, 0.15) is 35.6 Å². The standard InChI is InChI=1S/C21H22FN3O4/c1-27-14-10-21(8-11-25(12-9-21)19(26)17-3-2-13-28-17)20-23-18(29-24-20)15-4-6-16(22)7-5-15/h2-7,13H,8-12,14H2,1H3. The van der Waals surface area contributed by atoms with Crippen molar-refractivity contribution in [2.75, 3.05) is 26.8 Å². The molecule has 0 N–H and O–H groups in total. The molecular weight excluding hydrogens is 377 g/mol. The molecule has 152 valence electrons. The van der Waals surface area contributed by atoms with Crippen molar-refractivity contribution < 1.29 is 22.9 Å². The van der Waals surface area contributed by atoms with Crippen molar-refractivity contribution in [1.82, 2.24) is 15.0 Å². The molecule has 0 spiro atoms. The molecule has 1 aliphatic heterocycles. The Balaban J connectivity index is 1.54. The third-order valence-corrected chi connectivity index (χ3v) is 5.52. The zero-order valence-electron chi connectivity index (χ0n) is 16.1. The Bertz CT molecular complexity index is 945. The SMILES string of the molecule is COCCC1(c2noc(-c3ccc(F)cc3)n2)CCN(C(=O)c2ccco2)CC1. The Morgan fingerprint density at radius 3 is 2.66 bits per heavy atom. The number of piperidine rings is 1. The predicted molar refractivity (Wildman–Crippen MR) is 102 cm³/mol. The lowest BCUT2D eigenvalue weighted by atomic mass is 9.75. The molecule has 1 amide bonds. The maximum Gasteiger partial charge on any atom is 0.289 e. The summed E-state index contributed by atoms with van der Waals surface area (Å²) in [6, 6.07) is 9.31. The highest BCUT2D eigenvalue weighted by molar-refractivity contribution is 5.91. The molecule has 1 saturated heterocycles. The third kappa shape index (κ3) is 3.93. The van der Waals surface area contributed by atoms with Crippen molar-refractivity contribution in [3.05, 3.63) is 60.1 Å². The number of rotatable bonds is 6. The predicted octanol–water partition coefficient (Wildman–Crippen LogP) is 3.68. The first-order valence-corrected chi connectivity index (χ1v) is 9.53. The van der Waals surface area contributed by atoms with Crippen molar-refractivity contribution in [2.24, 2.45) is 0 Å². The Kier molecular flexibility index (Phi) is 5.44. The fourth-order valence-corrected chi connectivity index (χ4v) is 3.73. The number of benzene rings is 1. The average Bonchev–Trinajstić information content (AvgIpc) is 3.45. The smallest absolute Gasteiger partial charge is 0.289 e.